The molecule has 0 aromatic carbocycles. The van der Waals surface area contributed by atoms with Gasteiger partial charge >= 0.3 is 6.18 Å². The first kappa shape index (κ1) is 18.2. The fourth-order valence-electron chi connectivity index (χ4n) is 0.981. The molecule has 16 heavy (non-hydrogen) atoms. The van der Waals surface area contributed by atoms with Crippen LogP contribution in [-0.4, -0.2) is 24.1 Å². The summed E-state index contributed by atoms with van der Waals surface area (Å²) in [4.78, 5) is 4.07. The Bertz CT molecular complexity index is 215. The van der Waals surface area contributed by atoms with Gasteiger partial charge in [-0.2, -0.15) is 13.2 Å². The van der Waals surface area contributed by atoms with Crippen LogP contribution in [-0.2, 0) is 17.1 Å². The van der Waals surface area contributed by atoms with Crippen molar-refractivity contribution in [2.24, 2.45) is 4.99 Å². The zero-order chi connectivity index (χ0) is 12.1. The predicted octanol–water partition coefficient (Wildman–Crippen LogP) is 3.92. The van der Waals surface area contributed by atoms with E-state index >= 15 is 0 Å². The third kappa shape index (κ3) is 7.99. The molecule has 1 radical (unpaired) electrons. The molecule has 0 aliphatic rings. The standard InChI is InChI=1S/C10H18F3N2.Mn/c1-5-6-9(14-7(2)3)15-8(4)10(11,12)13;/h7-8H,5-6H2,1-4H3;/q-1;. The van der Waals surface area contributed by atoms with Gasteiger partial charge in [0.05, 0.1) is 6.04 Å². The van der Waals surface area contributed by atoms with E-state index in [1.807, 2.05) is 20.8 Å². The summed E-state index contributed by atoms with van der Waals surface area (Å²) >= 11 is 0. The molecule has 0 bridgehead atoms. The molecule has 0 aromatic heterocycles. The molecule has 1 unspecified atom stereocenters. The van der Waals surface area contributed by atoms with Crippen LogP contribution in [0.25, 0.3) is 5.32 Å². The molecule has 0 amide bonds. The van der Waals surface area contributed by atoms with Crippen molar-refractivity contribution in [3.63, 3.8) is 0 Å². The second kappa shape index (κ2) is 7.96. The predicted molar refractivity (Wildman–Crippen MR) is 56.4 cm³/mol. The summed E-state index contributed by atoms with van der Waals surface area (Å²) < 4.78 is 36.7. The Morgan fingerprint density at radius 3 is 2.06 bits per heavy atom. The summed E-state index contributed by atoms with van der Waals surface area (Å²) in [5.74, 6) is 0.317. The fraction of sp³-hybridized carbons (Fsp3) is 0.900. The molecule has 0 saturated carbocycles. The molecular weight excluding hydrogens is 260 g/mol. The molecule has 0 rings (SSSR count). The summed E-state index contributed by atoms with van der Waals surface area (Å²) in [7, 11) is 0. The molecule has 0 heterocycles. The SMILES string of the molecule is CCCC(=NC(C)C)[N-]C(C)C(F)(F)F.[Mn]. The molecule has 0 aliphatic heterocycles. The molecule has 0 spiro atoms. The van der Waals surface area contributed by atoms with Gasteiger partial charge < -0.3 is 10.3 Å². The van der Waals surface area contributed by atoms with Crippen molar-refractivity contribution < 1.29 is 30.2 Å². The van der Waals surface area contributed by atoms with Crippen molar-refractivity contribution in [2.75, 3.05) is 0 Å². The smallest absolute Gasteiger partial charge is 0.390 e. The summed E-state index contributed by atoms with van der Waals surface area (Å²) in [5, 5.41) is 3.60. The fourth-order valence-corrected chi connectivity index (χ4v) is 0.981. The van der Waals surface area contributed by atoms with Gasteiger partial charge in [-0.05, 0) is 12.5 Å². The summed E-state index contributed by atoms with van der Waals surface area (Å²) in [6, 6.07) is -1.68. The Hall–Kier alpha value is -0.221. The zero-order valence-electron chi connectivity index (χ0n) is 9.98. The maximum atomic E-state index is 12.2. The largest absolute Gasteiger partial charge is 0.466 e. The van der Waals surface area contributed by atoms with Crippen LogP contribution in [0.2, 0.25) is 0 Å². The van der Waals surface area contributed by atoms with Crippen molar-refractivity contribution in [3.8, 4) is 0 Å². The number of aliphatic imine (C=N–C) groups is 1. The topological polar surface area (TPSA) is 26.5 Å². The van der Waals surface area contributed by atoms with Gasteiger partial charge in [-0.15, -0.1) is 0 Å². The van der Waals surface area contributed by atoms with Crippen LogP contribution in [0.15, 0.2) is 4.99 Å². The van der Waals surface area contributed by atoms with Crippen LogP contribution in [0.1, 0.15) is 40.5 Å². The number of alkyl halides is 3. The number of nitrogens with zero attached hydrogens (tertiary/aromatic N) is 2. The van der Waals surface area contributed by atoms with Gasteiger partial charge in [-0.1, -0.05) is 40.0 Å². The van der Waals surface area contributed by atoms with Crippen LogP contribution >= 0.6 is 0 Å². The molecule has 0 fully saturated rings. The Labute approximate surface area is 106 Å². The van der Waals surface area contributed by atoms with Crippen LogP contribution in [0, 0.1) is 0 Å². The van der Waals surface area contributed by atoms with E-state index in [9.17, 15) is 13.2 Å². The minimum atomic E-state index is -4.27. The summed E-state index contributed by atoms with van der Waals surface area (Å²) in [5.41, 5.74) is 0. The number of amidine groups is 1. The van der Waals surface area contributed by atoms with Gasteiger partial charge in [-0.25, -0.2) is 0 Å². The second-order valence-electron chi connectivity index (χ2n) is 3.74. The maximum Gasteiger partial charge on any atom is 0.390 e. The van der Waals surface area contributed by atoms with Crippen molar-refractivity contribution in [1.82, 2.24) is 0 Å². The first-order valence-corrected chi connectivity index (χ1v) is 5.11. The van der Waals surface area contributed by atoms with Crippen molar-refractivity contribution >= 4 is 5.84 Å². The molecule has 2 nitrogen and oxygen atoms in total. The maximum absolute atomic E-state index is 12.2. The summed E-state index contributed by atoms with van der Waals surface area (Å²) in [6.45, 7) is 6.59. The van der Waals surface area contributed by atoms with Crippen molar-refractivity contribution in [1.29, 1.82) is 0 Å². The van der Waals surface area contributed by atoms with E-state index in [1.54, 1.807) is 0 Å². The molecule has 1 atom stereocenters. The van der Waals surface area contributed by atoms with Gasteiger partial charge in [0.25, 0.3) is 0 Å². The van der Waals surface area contributed by atoms with Crippen molar-refractivity contribution in [2.45, 2.75) is 58.8 Å². The molecule has 0 saturated heterocycles. The number of rotatable bonds is 4. The van der Waals surface area contributed by atoms with Gasteiger partial charge in [0.2, 0.25) is 0 Å². The quantitative estimate of drug-likeness (QED) is 0.423. The molecule has 97 valence electrons. The van der Waals surface area contributed by atoms with E-state index in [-0.39, 0.29) is 23.1 Å². The minimum absolute atomic E-state index is 0. The summed E-state index contributed by atoms with van der Waals surface area (Å²) in [6.07, 6.45) is -3.02. The van der Waals surface area contributed by atoms with E-state index in [0.29, 0.717) is 12.3 Å². The van der Waals surface area contributed by atoms with Crippen LogP contribution in [0.4, 0.5) is 13.2 Å². The first-order valence-electron chi connectivity index (χ1n) is 5.11. The van der Waals surface area contributed by atoms with E-state index in [0.717, 1.165) is 13.3 Å². The van der Waals surface area contributed by atoms with Crippen LogP contribution in [0.3, 0.4) is 0 Å². The van der Waals surface area contributed by atoms with E-state index < -0.39 is 12.2 Å². The molecule has 0 aromatic rings. The Kier molecular flexibility index (Phi) is 9.03. The number of hydrogen-bond donors (Lipinski definition) is 0. The normalized spacial score (nSPS) is 14.6. The minimum Gasteiger partial charge on any atom is -0.466 e. The zero-order valence-corrected chi connectivity index (χ0v) is 11.2. The molecule has 0 aliphatic carbocycles. The number of hydrogen-bond acceptors (Lipinski definition) is 1. The Morgan fingerprint density at radius 1 is 1.25 bits per heavy atom. The van der Waals surface area contributed by atoms with Gasteiger partial charge in [0.1, 0.15) is 0 Å². The third-order valence-corrected chi connectivity index (χ3v) is 1.70. The van der Waals surface area contributed by atoms with Gasteiger partial charge in [0.15, 0.2) is 0 Å². The van der Waals surface area contributed by atoms with E-state index in [4.69, 9.17) is 0 Å². The third-order valence-electron chi connectivity index (χ3n) is 1.70. The monoisotopic (exact) mass is 278 g/mol. The molecule has 6 heteroatoms. The van der Waals surface area contributed by atoms with Gasteiger partial charge in [0, 0.05) is 17.1 Å². The van der Waals surface area contributed by atoms with Crippen LogP contribution < -0.4 is 0 Å². The Morgan fingerprint density at radius 2 is 1.75 bits per heavy atom. The van der Waals surface area contributed by atoms with Crippen LogP contribution in [0.5, 0.6) is 0 Å². The Balaban J connectivity index is 0. The van der Waals surface area contributed by atoms with E-state index in [1.165, 1.54) is 0 Å². The molecule has 0 N–H and O–H groups in total. The second-order valence-corrected chi connectivity index (χ2v) is 3.74. The average molecular weight is 278 g/mol. The van der Waals surface area contributed by atoms with Crippen molar-refractivity contribution in [3.05, 3.63) is 5.32 Å². The average Bonchev–Trinajstić information content (AvgIpc) is 2.01. The van der Waals surface area contributed by atoms with Gasteiger partial charge in [-0.3, -0.25) is 0 Å². The first-order chi connectivity index (χ1) is 6.77. The van der Waals surface area contributed by atoms with E-state index in [2.05, 4.69) is 10.3 Å². The number of halogens is 3. The molecular formula is C10H18F3MnN2-.